The average Bonchev–Trinajstić information content (AvgIpc) is 2.66. The Hall–Kier alpha value is -0.550. The third-order valence-corrected chi connectivity index (χ3v) is 1.81. The van der Waals surface area contributed by atoms with Gasteiger partial charge in [-0.1, -0.05) is 0 Å². The molecule has 1 rings (SSSR count). The molecule has 1 fully saturated rings. The molecule has 0 aromatic rings. The summed E-state index contributed by atoms with van der Waals surface area (Å²) in [6, 6.07) is 2.21. The molecular weight excluding hydrogens is 124 g/mol. The van der Waals surface area contributed by atoms with Crippen LogP contribution in [0.2, 0.25) is 0 Å². The third-order valence-electron chi connectivity index (χ3n) is 1.81. The van der Waals surface area contributed by atoms with Crippen molar-refractivity contribution in [3.8, 4) is 6.07 Å². The first-order chi connectivity index (χ1) is 4.64. The van der Waals surface area contributed by atoms with Crippen LogP contribution in [-0.4, -0.2) is 12.1 Å². The number of hydrogen-bond acceptors (Lipinski definition) is 2. The summed E-state index contributed by atoms with van der Waals surface area (Å²) in [4.78, 5) is 0. The van der Waals surface area contributed by atoms with Gasteiger partial charge in [0.2, 0.25) is 0 Å². The van der Waals surface area contributed by atoms with Crippen molar-refractivity contribution < 1.29 is 0 Å². The van der Waals surface area contributed by atoms with E-state index < -0.39 is 0 Å². The molecule has 1 aliphatic carbocycles. The van der Waals surface area contributed by atoms with E-state index in [9.17, 15) is 0 Å². The number of nitrogens with one attached hydrogen (secondary N) is 1. The van der Waals surface area contributed by atoms with Crippen LogP contribution in [0.4, 0.5) is 0 Å². The van der Waals surface area contributed by atoms with Gasteiger partial charge in [-0.2, -0.15) is 5.26 Å². The van der Waals surface area contributed by atoms with Crippen molar-refractivity contribution in [2.75, 3.05) is 6.54 Å². The monoisotopic (exact) mass is 138 g/mol. The zero-order chi connectivity index (χ0) is 7.61. The summed E-state index contributed by atoms with van der Waals surface area (Å²) >= 11 is 0. The van der Waals surface area contributed by atoms with Crippen molar-refractivity contribution in [3.05, 3.63) is 0 Å². The molecule has 0 bridgehead atoms. The van der Waals surface area contributed by atoms with Crippen LogP contribution in [-0.2, 0) is 0 Å². The molecule has 56 valence electrons. The van der Waals surface area contributed by atoms with E-state index >= 15 is 0 Å². The minimum Gasteiger partial charge on any atom is -0.300 e. The lowest BCUT2D eigenvalue weighted by Gasteiger charge is -2.16. The van der Waals surface area contributed by atoms with Gasteiger partial charge in [0.1, 0.15) is 5.54 Å². The fraction of sp³-hybridized carbons (Fsp3) is 0.875. The standard InChI is InChI=1S/C8H14N2/c1-8(2,6-9)10-5-7-3-4-7/h7,10H,3-5H2,1-2H3. The Labute approximate surface area is 62.2 Å². The molecule has 0 spiro atoms. The van der Waals surface area contributed by atoms with E-state index in [1.54, 1.807) is 0 Å². The molecule has 0 amide bonds. The molecule has 0 radical (unpaired) electrons. The molecule has 0 atom stereocenters. The second-order valence-electron chi connectivity index (χ2n) is 3.56. The summed E-state index contributed by atoms with van der Waals surface area (Å²) in [6.45, 7) is 4.84. The maximum atomic E-state index is 8.61. The van der Waals surface area contributed by atoms with Crippen molar-refractivity contribution in [3.63, 3.8) is 0 Å². The summed E-state index contributed by atoms with van der Waals surface area (Å²) in [5.74, 6) is 0.854. The highest BCUT2D eigenvalue weighted by Crippen LogP contribution is 2.28. The summed E-state index contributed by atoms with van der Waals surface area (Å²) in [5, 5.41) is 11.8. The van der Waals surface area contributed by atoms with Gasteiger partial charge in [-0.3, -0.25) is 5.32 Å². The lowest BCUT2D eigenvalue weighted by molar-refractivity contribution is 0.472. The molecule has 0 saturated heterocycles. The largest absolute Gasteiger partial charge is 0.300 e. The Bertz CT molecular complexity index is 151. The molecule has 0 aliphatic heterocycles. The van der Waals surface area contributed by atoms with Crippen LogP contribution in [0.5, 0.6) is 0 Å². The van der Waals surface area contributed by atoms with Gasteiger partial charge in [0.15, 0.2) is 0 Å². The third kappa shape index (κ3) is 2.36. The van der Waals surface area contributed by atoms with Crippen LogP contribution < -0.4 is 5.32 Å². The summed E-state index contributed by atoms with van der Waals surface area (Å²) < 4.78 is 0. The number of nitriles is 1. The summed E-state index contributed by atoms with van der Waals surface area (Å²) in [5.41, 5.74) is -0.331. The first-order valence-electron chi connectivity index (χ1n) is 3.80. The van der Waals surface area contributed by atoms with E-state index in [-0.39, 0.29) is 5.54 Å². The molecule has 0 aromatic carbocycles. The van der Waals surface area contributed by atoms with Crippen LogP contribution in [0.15, 0.2) is 0 Å². The fourth-order valence-electron chi connectivity index (χ4n) is 0.761. The van der Waals surface area contributed by atoms with Gasteiger partial charge in [0.25, 0.3) is 0 Å². The first kappa shape index (κ1) is 7.56. The van der Waals surface area contributed by atoms with Crippen molar-refractivity contribution in [1.29, 1.82) is 5.26 Å². The number of nitrogens with zero attached hydrogens (tertiary/aromatic N) is 1. The molecule has 0 aromatic heterocycles. The molecule has 2 nitrogen and oxygen atoms in total. The topological polar surface area (TPSA) is 35.8 Å². The molecular formula is C8H14N2. The smallest absolute Gasteiger partial charge is 0.101 e. The van der Waals surface area contributed by atoms with Gasteiger partial charge < -0.3 is 0 Å². The maximum Gasteiger partial charge on any atom is 0.101 e. The molecule has 2 heteroatoms. The van der Waals surface area contributed by atoms with Crippen molar-refractivity contribution in [2.24, 2.45) is 5.92 Å². The SMILES string of the molecule is CC(C)(C#N)NCC1CC1. The van der Waals surface area contributed by atoms with E-state index in [1.807, 2.05) is 13.8 Å². The Kier molecular flexibility index (Phi) is 1.96. The molecule has 1 aliphatic rings. The highest BCUT2D eigenvalue weighted by Gasteiger charge is 2.24. The predicted molar refractivity (Wildman–Crippen MR) is 40.4 cm³/mol. The second-order valence-corrected chi connectivity index (χ2v) is 3.56. The second kappa shape index (κ2) is 2.59. The van der Waals surface area contributed by atoms with Gasteiger partial charge in [-0.05, 0) is 39.2 Å². The predicted octanol–water partition coefficient (Wildman–Crippen LogP) is 1.29. The zero-order valence-corrected chi connectivity index (χ0v) is 6.65. The Morgan fingerprint density at radius 1 is 1.60 bits per heavy atom. The van der Waals surface area contributed by atoms with E-state index in [4.69, 9.17) is 5.26 Å². The maximum absolute atomic E-state index is 8.61. The highest BCUT2D eigenvalue weighted by molar-refractivity contribution is 5.00. The average molecular weight is 138 g/mol. The molecule has 0 unspecified atom stereocenters. The molecule has 1 saturated carbocycles. The molecule has 0 heterocycles. The Morgan fingerprint density at radius 2 is 2.20 bits per heavy atom. The lowest BCUT2D eigenvalue weighted by Crippen LogP contribution is -2.38. The van der Waals surface area contributed by atoms with Crippen LogP contribution in [0.25, 0.3) is 0 Å². The number of hydrogen-bond donors (Lipinski definition) is 1. The van der Waals surface area contributed by atoms with E-state index in [0.717, 1.165) is 12.5 Å². The summed E-state index contributed by atoms with van der Waals surface area (Å²) in [6.07, 6.45) is 2.68. The van der Waals surface area contributed by atoms with E-state index in [0.29, 0.717) is 0 Å². The fourth-order valence-corrected chi connectivity index (χ4v) is 0.761. The van der Waals surface area contributed by atoms with Gasteiger partial charge >= 0.3 is 0 Å². The highest BCUT2D eigenvalue weighted by atomic mass is 15.0. The van der Waals surface area contributed by atoms with Gasteiger partial charge in [0.05, 0.1) is 6.07 Å². The van der Waals surface area contributed by atoms with Gasteiger partial charge in [0, 0.05) is 0 Å². The van der Waals surface area contributed by atoms with Crippen LogP contribution >= 0.6 is 0 Å². The van der Waals surface area contributed by atoms with Gasteiger partial charge in [-0.25, -0.2) is 0 Å². The van der Waals surface area contributed by atoms with Crippen LogP contribution in [0, 0.1) is 17.2 Å². The minimum atomic E-state index is -0.331. The summed E-state index contributed by atoms with van der Waals surface area (Å²) in [7, 11) is 0. The molecule has 10 heavy (non-hydrogen) atoms. The first-order valence-corrected chi connectivity index (χ1v) is 3.80. The van der Waals surface area contributed by atoms with Gasteiger partial charge in [-0.15, -0.1) is 0 Å². The number of rotatable bonds is 3. The van der Waals surface area contributed by atoms with Crippen LogP contribution in [0.3, 0.4) is 0 Å². The lowest BCUT2D eigenvalue weighted by atomic mass is 10.1. The Balaban J connectivity index is 2.17. The van der Waals surface area contributed by atoms with Crippen molar-refractivity contribution in [2.45, 2.75) is 32.2 Å². The normalized spacial score (nSPS) is 18.5. The zero-order valence-electron chi connectivity index (χ0n) is 6.65. The quantitative estimate of drug-likeness (QED) is 0.637. The minimum absolute atomic E-state index is 0.331. The van der Waals surface area contributed by atoms with Crippen LogP contribution in [0.1, 0.15) is 26.7 Å². The van der Waals surface area contributed by atoms with E-state index in [1.165, 1.54) is 12.8 Å². The van der Waals surface area contributed by atoms with Crippen molar-refractivity contribution >= 4 is 0 Å². The molecule has 1 N–H and O–H groups in total. The van der Waals surface area contributed by atoms with Crippen molar-refractivity contribution in [1.82, 2.24) is 5.32 Å². The Morgan fingerprint density at radius 3 is 2.60 bits per heavy atom. The van der Waals surface area contributed by atoms with E-state index in [2.05, 4.69) is 11.4 Å².